The molecule has 128 valence electrons. The average Bonchev–Trinajstić information content (AvgIpc) is 3.06. The van der Waals surface area contributed by atoms with Crippen molar-refractivity contribution in [2.75, 3.05) is 19.6 Å². The summed E-state index contributed by atoms with van der Waals surface area (Å²) >= 11 is 0. The van der Waals surface area contributed by atoms with Gasteiger partial charge in [-0.3, -0.25) is 9.69 Å². The Morgan fingerprint density at radius 3 is 2.50 bits per heavy atom. The van der Waals surface area contributed by atoms with Gasteiger partial charge in [-0.25, -0.2) is 0 Å². The predicted octanol–water partition coefficient (Wildman–Crippen LogP) is 2.89. The second-order valence-corrected chi connectivity index (χ2v) is 7.36. The van der Waals surface area contributed by atoms with Crippen molar-refractivity contribution in [3.63, 3.8) is 0 Å². The molecule has 2 aliphatic rings. The maximum atomic E-state index is 12.3. The Bertz CT molecular complexity index is 579. The summed E-state index contributed by atoms with van der Waals surface area (Å²) in [5.74, 6) is 0.729. The standard InChI is InChI=1S/C20H27N3O/c21-16-20(10-4-5-11-20)22-19(24)15-23-12-8-18(9-13-23)14-17-6-2-1-3-7-17/h1-3,6-7,18H,4-5,8-15H2,(H,22,24). The lowest BCUT2D eigenvalue weighted by atomic mass is 9.90. The number of carbonyl (C=O) groups is 1. The minimum Gasteiger partial charge on any atom is -0.337 e. The lowest BCUT2D eigenvalue weighted by Crippen LogP contribution is -2.50. The fraction of sp³-hybridized carbons (Fsp3) is 0.600. The summed E-state index contributed by atoms with van der Waals surface area (Å²) in [6, 6.07) is 13.0. The third-order valence-corrected chi connectivity index (χ3v) is 5.49. The Morgan fingerprint density at radius 2 is 1.88 bits per heavy atom. The van der Waals surface area contributed by atoms with Crippen LogP contribution in [0.5, 0.6) is 0 Å². The highest BCUT2D eigenvalue weighted by atomic mass is 16.2. The van der Waals surface area contributed by atoms with Gasteiger partial charge >= 0.3 is 0 Å². The van der Waals surface area contributed by atoms with Crippen molar-refractivity contribution in [1.82, 2.24) is 10.2 Å². The Hall–Kier alpha value is -1.86. The van der Waals surface area contributed by atoms with E-state index in [1.807, 2.05) is 0 Å². The maximum Gasteiger partial charge on any atom is 0.235 e. The Morgan fingerprint density at radius 1 is 1.21 bits per heavy atom. The van der Waals surface area contributed by atoms with Crippen LogP contribution in [-0.4, -0.2) is 36.0 Å². The molecule has 1 amide bonds. The van der Waals surface area contributed by atoms with E-state index in [0.29, 0.717) is 12.5 Å². The number of nitrogens with one attached hydrogen (secondary N) is 1. The van der Waals surface area contributed by atoms with Crippen molar-refractivity contribution < 1.29 is 4.79 Å². The number of nitrogens with zero attached hydrogens (tertiary/aromatic N) is 2. The fourth-order valence-electron chi connectivity index (χ4n) is 4.05. The molecule has 2 fully saturated rings. The molecule has 1 saturated heterocycles. The zero-order chi connectivity index (χ0) is 16.8. The predicted molar refractivity (Wildman–Crippen MR) is 94.3 cm³/mol. The number of nitriles is 1. The molecule has 0 spiro atoms. The van der Waals surface area contributed by atoms with Crippen LogP contribution >= 0.6 is 0 Å². The summed E-state index contributed by atoms with van der Waals surface area (Å²) in [5.41, 5.74) is 0.814. The largest absolute Gasteiger partial charge is 0.337 e. The van der Waals surface area contributed by atoms with E-state index in [1.54, 1.807) is 0 Å². The number of piperidine rings is 1. The Labute approximate surface area is 144 Å². The van der Waals surface area contributed by atoms with E-state index in [1.165, 1.54) is 5.56 Å². The van der Waals surface area contributed by atoms with Gasteiger partial charge < -0.3 is 5.32 Å². The van der Waals surface area contributed by atoms with Crippen LogP contribution in [0.15, 0.2) is 30.3 Å². The van der Waals surface area contributed by atoms with Crippen molar-refractivity contribution in [1.29, 1.82) is 5.26 Å². The zero-order valence-electron chi connectivity index (χ0n) is 14.3. The molecule has 4 nitrogen and oxygen atoms in total. The summed E-state index contributed by atoms with van der Waals surface area (Å²) in [5, 5.41) is 12.4. The SMILES string of the molecule is N#CC1(NC(=O)CN2CCC(Cc3ccccc3)CC2)CCCC1. The highest BCUT2D eigenvalue weighted by Crippen LogP contribution is 2.29. The number of hydrogen-bond donors (Lipinski definition) is 1. The topological polar surface area (TPSA) is 56.1 Å². The molecule has 1 aliphatic heterocycles. The van der Waals surface area contributed by atoms with Gasteiger partial charge in [-0.2, -0.15) is 5.26 Å². The molecule has 1 aromatic carbocycles. The van der Waals surface area contributed by atoms with Gasteiger partial charge in [0.25, 0.3) is 0 Å². The fourth-order valence-corrected chi connectivity index (χ4v) is 4.05. The van der Waals surface area contributed by atoms with Gasteiger partial charge in [-0.1, -0.05) is 30.3 Å². The molecular weight excluding hydrogens is 298 g/mol. The molecule has 1 N–H and O–H groups in total. The molecule has 0 atom stereocenters. The van der Waals surface area contributed by atoms with E-state index >= 15 is 0 Å². The van der Waals surface area contributed by atoms with Gasteiger partial charge in [0.1, 0.15) is 5.54 Å². The number of benzene rings is 1. The third-order valence-electron chi connectivity index (χ3n) is 5.49. The Kier molecular flexibility index (Phi) is 5.52. The lowest BCUT2D eigenvalue weighted by Gasteiger charge is -2.32. The number of hydrogen-bond acceptors (Lipinski definition) is 3. The minimum absolute atomic E-state index is 0.0139. The molecule has 0 bridgehead atoms. The van der Waals surface area contributed by atoms with Crippen LogP contribution in [0.2, 0.25) is 0 Å². The molecule has 1 heterocycles. The van der Waals surface area contributed by atoms with Gasteiger partial charge in [0.15, 0.2) is 0 Å². The molecular formula is C20H27N3O. The summed E-state index contributed by atoms with van der Waals surface area (Å²) in [4.78, 5) is 14.5. The van der Waals surface area contributed by atoms with Gasteiger partial charge in [0.2, 0.25) is 5.91 Å². The van der Waals surface area contributed by atoms with E-state index < -0.39 is 5.54 Å². The first-order valence-electron chi connectivity index (χ1n) is 9.18. The van der Waals surface area contributed by atoms with Crippen LogP contribution < -0.4 is 5.32 Å². The Balaban J connectivity index is 1.42. The van der Waals surface area contributed by atoms with E-state index in [4.69, 9.17) is 0 Å². The smallest absolute Gasteiger partial charge is 0.235 e. The van der Waals surface area contributed by atoms with E-state index in [2.05, 4.69) is 46.6 Å². The number of likely N-dealkylation sites (tertiary alicyclic amines) is 1. The molecule has 24 heavy (non-hydrogen) atoms. The second-order valence-electron chi connectivity index (χ2n) is 7.36. The van der Waals surface area contributed by atoms with Gasteiger partial charge in [0.05, 0.1) is 12.6 Å². The van der Waals surface area contributed by atoms with Crippen molar-refractivity contribution in [3.05, 3.63) is 35.9 Å². The van der Waals surface area contributed by atoms with Crippen LogP contribution in [0.4, 0.5) is 0 Å². The molecule has 0 aromatic heterocycles. The molecule has 1 aliphatic carbocycles. The summed E-state index contributed by atoms with van der Waals surface area (Å²) in [6.07, 6.45) is 7.11. The molecule has 4 heteroatoms. The van der Waals surface area contributed by atoms with Gasteiger partial charge in [0, 0.05) is 0 Å². The molecule has 3 rings (SSSR count). The molecule has 0 radical (unpaired) electrons. The normalized spacial score (nSPS) is 21.3. The second kappa shape index (κ2) is 7.81. The van der Waals surface area contributed by atoms with E-state index in [-0.39, 0.29) is 5.91 Å². The van der Waals surface area contributed by atoms with Gasteiger partial charge in [-0.15, -0.1) is 0 Å². The highest BCUT2D eigenvalue weighted by Gasteiger charge is 2.35. The monoisotopic (exact) mass is 325 g/mol. The third kappa shape index (κ3) is 4.36. The first-order chi connectivity index (χ1) is 11.7. The highest BCUT2D eigenvalue weighted by molar-refractivity contribution is 5.79. The first-order valence-corrected chi connectivity index (χ1v) is 9.18. The van der Waals surface area contributed by atoms with Crippen LogP contribution in [-0.2, 0) is 11.2 Å². The van der Waals surface area contributed by atoms with Crippen molar-refractivity contribution in [2.45, 2.75) is 50.5 Å². The van der Waals surface area contributed by atoms with Crippen LogP contribution in [0.1, 0.15) is 44.1 Å². The zero-order valence-corrected chi connectivity index (χ0v) is 14.3. The van der Waals surface area contributed by atoms with Crippen LogP contribution in [0, 0.1) is 17.2 Å². The van der Waals surface area contributed by atoms with Crippen molar-refractivity contribution >= 4 is 5.91 Å². The van der Waals surface area contributed by atoms with Crippen LogP contribution in [0.25, 0.3) is 0 Å². The lowest BCUT2D eigenvalue weighted by molar-refractivity contribution is -0.123. The summed E-state index contributed by atoms with van der Waals surface area (Å²) in [7, 11) is 0. The molecule has 0 unspecified atom stereocenters. The maximum absolute atomic E-state index is 12.3. The number of carbonyl (C=O) groups excluding carboxylic acids is 1. The molecule has 1 saturated carbocycles. The number of rotatable bonds is 5. The average molecular weight is 325 g/mol. The molecule has 1 aromatic rings. The van der Waals surface area contributed by atoms with Crippen LogP contribution in [0.3, 0.4) is 0 Å². The van der Waals surface area contributed by atoms with Gasteiger partial charge in [-0.05, 0) is 69.5 Å². The summed E-state index contributed by atoms with van der Waals surface area (Å²) in [6.45, 7) is 2.39. The minimum atomic E-state index is -0.595. The summed E-state index contributed by atoms with van der Waals surface area (Å²) < 4.78 is 0. The van der Waals surface area contributed by atoms with E-state index in [9.17, 15) is 10.1 Å². The van der Waals surface area contributed by atoms with E-state index in [0.717, 1.165) is 58.0 Å². The first kappa shape index (κ1) is 17.0. The van der Waals surface area contributed by atoms with Crippen molar-refractivity contribution in [2.24, 2.45) is 5.92 Å². The quantitative estimate of drug-likeness (QED) is 0.905. The number of amides is 1. The van der Waals surface area contributed by atoms with Crippen molar-refractivity contribution in [3.8, 4) is 6.07 Å².